The molecule has 30 heavy (non-hydrogen) atoms. The van der Waals surface area contributed by atoms with Crippen LogP contribution >= 0.6 is 0 Å². The minimum absolute atomic E-state index is 0.232. The molecule has 0 aliphatic rings. The van der Waals surface area contributed by atoms with Crippen LogP contribution in [0.15, 0.2) is 24.8 Å². The Morgan fingerprint density at radius 1 is 0.733 bits per heavy atom. The van der Waals surface area contributed by atoms with E-state index in [0.29, 0.717) is 5.92 Å². The van der Waals surface area contributed by atoms with Crippen LogP contribution in [-0.2, 0) is 0 Å². The van der Waals surface area contributed by atoms with Crippen molar-refractivity contribution in [3.05, 3.63) is 24.8 Å². The van der Waals surface area contributed by atoms with Gasteiger partial charge in [-0.2, -0.15) is 0 Å². The normalized spacial score (nSPS) is 13.7. The van der Waals surface area contributed by atoms with Gasteiger partial charge in [-0.3, -0.25) is 0 Å². The van der Waals surface area contributed by atoms with Gasteiger partial charge in [0.2, 0.25) is 0 Å². The van der Waals surface area contributed by atoms with Gasteiger partial charge in [0.25, 0.3) is 0 Å². The summed E-state index contributed by atoms with van der Waals surface area (Å²) >= 11 is 0. The third kappa shape index (κ3) is 20.6. The van der Waals surface area contributed by atoms with Gasteiger partial charge in [-0.15, -0.1) is 6.58 Å². The Morgan fingerprint density at radius 2 is 1.30 bits per heavy atom. The molecule has 2 unspecified atom stereocenters. The molecule has 0 heterocycles. The minimum atomic E-state index is 0.232. The van der Waals surface area contributed by atoms with Crippen LogP contribution in [0, 0.1) is 5.92 Å². The van der Waals surface area contributed by atoms with Crippen molar-refractivity contribution in [3.8, 4) is 0 Å². The summed E-state index contributed by atoms with van der Waals surface area (Å²) in [5.74, 6) is 0.457. The van der Waals surface area contributed by atoms with Crippen molar-refractivity contribution in [2.24, 2.45) is 17.4 Å². The Labute approximate surface area is 189 Å². The molecule has 0 amide bonds. The number of hydrogen-bond donors (Lipinski definition) is 3. The first-order valence-electron chi connectivity index (χ1n) is 13.2. The van der Waals surface area contributed by atoms with Crippen LogP contribution in [0.4, 0.5) is 0 Å². The Bertz CT molecular complexity index is 367. The van der Waals surface area contributed by atoms with Crippen molar-refractivity contribution in [1.29, 1.82) is 0 Å². The maximum atomic E-state index is 6.37. The van der Waals surface area contributed by atoms with Crippen LogP contribution in [-0.4, -0.2) is 25.7 Å². The molecular weight excluding hydrogens is 366 g/mol. The topological polar surface area (TPSA) is 64.1 Å². The van der Waals surface area contributed by atoms with Crippen LogP contribution in [0.25, 0.3) is 0 Å². The van der Waals surface area contributed by atoms with Gasteiger partial charge in [0, 0.05) is 6.04 Å². The van der Waals surface area contributed by atoms with Gasteiger partial charge < -0.3 is 16.8 Å². The van der Waals surface area contributed by atoms with Crippen LogP contribution in [0.1, 0.15) is 116 Å². The molecule has 0 rings (SSSR count). The van der Waals surface area contributed by atoms with Crippen molar-refractivity contribution >= 4 is 0 Å². The fraction of sp³-hybridized carbons (Fsp3) is 0.852. The van der Waals surface area contributed by atoms with E-state index in [2.05, 4.69) is 37.0 Å². The monoisotopic (exact) mass is 421 g/mol. The summed E-state index contributed by atoms with van der Waals surface area (Å²) in [6.07, 6.45) is 29.2. The summed E-state index contributed by atoms with van der Waals surface area (Å²) in [6.45, 7) is 9.03. The molecule has 0 aromatic heterocycles. The van der Waals surface area contributed by atoms with Crippen LogP contribution < -0.4 is 16.8 Å². The average Bonchev–Trinajstić information content (AvgIpc) is 2.75. The van der Waals surface area contributed by atoms with Crippen LogP contribution in [0.5, 0.6) is 0 Å². The molecular formula is C27H55N3. The molecule has 0 fully saturated rings. The van der Waals surface area contributed by atoms with Gasteiger partial charge in [0.15, 0.2) is 0 Å². The first kappa shape index (κ1) is 29.4. The van der Waals surface area contributed by atoms with E-state index in [1.807, 2.05) is 0 Å². The van der Waals surface area contributed by atoms with Gasteiger partial charge in [0.1, 0.15) is 0 Å². The van der Waals surface area contributed by atoms with Gasteiger partial charge in [-0.05, 0) is 70.5 Å². The number of nitrogens with two attached hydrogens (primary N) is 2. The zero-order chi connectivity index (χ0) is 22.1. The van der Waals surface area contributed by atoms with Crippen molar-refractivity contribution in [2.75, 3.05) is 19.6 Å². The molecule has 3 nitrogen and oxygen atoms in total. The largest absolute Gasteiger partial charge is 0.330 e. The molecule has 0 aromatic carbocycles. The number of rotatable bonds is 24. The molecule has 3 heteroatoms. The second kappa shape index (κ2) is 24.6. The first-order chi connectivity index (χ1) is 14.8. The Morgan fingerprint density at radius 3 is 1.87 bits per heavy atom. The molecule has 0 aliphatic heterocycles. The van der Waals surface area contributed by atoms with E-state index in [0.717, 1.165) is 32.5 Å². The van der Waals surface area contributed by atoms with Crippen molar-refractivity contribution in [1.82, 2.24) is 5.32 Å². The lowest BCUT2D eigenvalue weighted by Crippen LogP contribution is -2.33. The second-order valence-corrected chi connectivity index (χ2v) is 8.97. The smallest absolute Gasteiger partial charge is 0.0114 e. The maximum Gasteiger partial charge on any atom is 0.0114 e. The summed E-state index contributed by atoms with van der Waals surface area (Å²) < 4.78 is 0. The van der Waals surface area contributed by atoms with E-state index in [9.17, 15) is 0 Å². The predicted octanol–water partition coefficient (Wildman–Crippen LogP) is 6.87. The van der Waals surface area contributed by atoms with Gasteiger partial charge in [-0.25, -0.2) is 0 Å². The summed E-state index contributed by atoms with van der Waals surface area (Å²) in [5.41, 5.74) is 11.9. The van der Waals surface area contributed by atoms with Crippen molar-refractivity contribution < 1.29 is 0 Å². The third-order valence-electron chi connectivity index (χ3n) is 6.11. The van der Waals surface area contributed by atoms with Crippen molar-refractivity contribution in [2.45, 2.75) is 122 Å². The third-order valence-corrected chi connectivity index (χ3v) is 6.11. The quantitative estimate of drug-likeness (QED) is 0.118. The van der Waals surface area contributed by atoms with E-state index in [1.165, 1.54) is 96.3 Å². The van der Waals surface area contributed by atoms with E-state index in [-0.39, 0.29) is 6.04 Å². The molecule has 0 radical (unpaired) electrons. The van der Waals surface area contributed by atoms with Crippen LogP contribution in [0.2, 0.25) is 0 Å². The molecule has 0 saturated heterocycles. The predicted molar refractivity (Wildman–Crippen MR) is 137 cm³/mol. The highest BCUT2D eigenvalue weighted by atomic mass is 14.9. The molecule has 0 saturated carbocycles. The Kier molecular flexibility index (Phi) is 24.1. The first-order valence-corrected chi connectivity index (χ1v) is 13.2. The fourth-order valence-electron chi connectivity index (χ4n) is 3.97. The summed E-state index contributed by atoms with van der Waals surface area (Å²) in [7, 11) is 0. The summed E-state index contributed by atoms with van der Waals surface area (Å²) in [5, 5.41) is 3.42. The second-order valence-electron chi connectivity index (χ2n) is 8.97. The van der Waals surface area contributed by atoms with E-state index < -0.39 is 0 Å². The fourth-order valence-corrected chi connectivity index (χ4v) is 3.97. The highest BCUT2D eigenvalue weighted by Crippen LogP contribution is 2.17. The standard InChI is InChI=1S/C27H55N3/c1-3-5-6-7-8-9-10-11-12-13-14-15-16-17-18-19-21-26(4-2)27(29)22-25-30-24-20-23-28/h4,11-12,26-27,30H,2-3,5-10,13-25,28-29H2,1H3/b12-11-. The number of hydrogen-bond acceptors (Lipinski definition) is 3. The lowest BCUT2D eigenvalue weighted by atomic mass is 9.91. The van der Waals surface area contributed by atoms with Gasteiger partial charge >= 0.3 is 0 Å². The van der Waals surface area contributed by atoms with Gasteiger partial charge in [-0.1, -0.05) is 89.4 Å². The SMILES string of the molecule is C=CC(CCCCCCCC/C=C\CCCCCCCC)C(N)CCNCCCN. The molecule has 0 spiro atoms. The average molecular weight is 422 g/mol. The zero-order valence-corrected chi connectivity index (χ0v) is 20.4. The lowest BCUT2D eigenvalue weighted by Gasteiger charge is -2.21. The highest BCUT2D eigenvalue weighted by Gasteiger charge is 2.13. The van der Waals surface area contributed by atoms with Crippen molar-refractivity contribution in [3.63, 3.8) is 0 Å². The van der Waals surface area contributed by atoms with Crippen LogP contribution in [0.3, 0.4) is 0 Å². The molecule has 178 valence electrons. The molecule has 5 N–H and O–H groups in total. The molecule has 2 atom stereocenters. The molecule has 0 bridgehead atoms. The summed E-state index contributed by atoms with van der Waals surface area (Å²) in [6, 6.07) is 0.232. The van der Waals surface area contributed by atoms with E-state index in [1.54, 1.807) is 0 Å². The Balaban J connectivity index is 3.43. The van der Waals surface area contributed by atoms with E-state index >= 15 is 0 Å². The minimum Gasteiger partial charge on any atom is -0.330 e. The number of nitrogens with one attached hydrogen (secondary N) is 1. The molecule has 0 aliphatic carbocycles. The molecule has 0 aromatic rings. The number of unbranched alkanes of at least 4 members (excludes halogenated alkanes) is 12. The van der Waals surface area contributed by atoms with E-state index in [4.69, 9.17) is 11.5 Å². The Hall–Kier alpha value is -0.640. The maximum absolute atomic E-state index is 6.37. The number of allylic oxidation sites excluding steroid dienone is 2. The highest BCUT2D eigenvalue weighted by molar-refractivity contribution is 4.87. The zero-order valence-electron chi connectivity index (χ0n) is 20.4. The van der Waals surface area contributed by atoms with Gasteiger partial charge in [0.05, 0.1) is 0 Å². The lowest BCUT2D eigenvalue weighted by molar-refractivity contribution is 0.416. The summed E-state index contributed by atoms with van der Waals surface area (Å²) in [4.78, 5) is 0.